The standard InChI is InChI=1S/C17H17Cl2NO2/c1-17(2,22-14-9-7-13(18)8-10-14)16(21)20-11-12-5-3-4-6-15(12)19/h3-10H,11H2,1-2H3,(H,20,21). The molecule has 0 spiro atoms. The molecule has 116 valence electrons. The van der Waals surface area contributed by atoms with Gasteiger partial charge in [-0.25, -0.2) is 0 Å². The van der Waals surface area contributed by atoms with E-state index in [9.17, 15) is 4.79 Å². The third-order valence-electron chi connectivity index (χ3n) is 3.13. The van der Waals surface area contributed by atoms with Crippen molar-refractivity contribution in [3.8, 4) is 5.75 Å². The van der Waals surface area contributed by atoms with Crippen LogP contribution < -0.4 is 10.1 Å². The largest absolute Gasteiger partial charge is 0.478 e. The molecule has 22 heavy (non-hydrogen) atoms. The van der Waals surface area contributed by atoms with Crippen LogP contribution in [0.15, 0.2) is 48.5 Å². The average Bonchev–Trinajstić information content (AvgIpc) is 2.48. The van der Waals surface area contributed by atoms with Crippen molar-refractivity contribution in [1.82, 2.24) is 5.32 Å². The van der Waals surface area contributed by atoms with Gasteiger partial charge in [-0.3, -0.25) is 4.79 Å². The highest BCUT2D eigenvalue weighted by Gasteiger charge is 2.29. The first-order valence-corrected chi connectivity index (χ1v) is 7.60. The average molecular weight is 338 g/mol. The van der Waals surface area contributed by atoms with Crippen molar-refractivity contribution < 1.29 is 9.53 Å². The monoisotopic (exact) mass is 337 g/mol. The number of carbonyl (C=O) groups is 1. The summed E-state index contributed by atoms with van der Waals surface area (Å²) in [6.45, 7) is 3.78. The summed E-state index contributed by atoms with van der Waals surface area (Å²) in [5.41, 5.74) is -0.144. The normalized spacial score (nSPS) is 11.1. The molecule has 2 aromatic rings. The molecule has 0 aliphatic heterocycles. The maximum atomic E-state index is 12.3. The topological polar surface area (TPSA) is 38.3 Å². The highest BCUT2D eigenvalue weighted by molar-refractivity contribution is 6.31. The minimum Gasteiger partial charge on any atom is -0.478 e. The van der Waals surface area contributed by atoms with Crippen LogP contribution in [0.1, 0.15) is 19.4 Å². The van der Waals surface area contributed by atoms with E-state index < -0.39 is 5.60 Å². The highest BCUT2D eigenvalue weighted by Crippen LogP contribution is 2.21. The van der Waals surface area contributed by atoms with Gasteiger partial charge in [0.1, 0.15) is 5.75 Å². The maximum absolute atomic E-state index is 12.3. The molecule has 0 aliphatic rings. The SMILES string of the molecule is CC(C)(Oc1ccc(Cl)cc1)C(=O)NCc1ccccc1Cl. The molecule has 0 bridgehead atoms. The summed E-state index contributed by atoms with van der Waals surface area (Å²) in [4.78, 5) is 12.3. The predicted molar refractivity (Wildman–Crippen MR) is 89.5 cm³/mol. The van der Waals surface area contributed by atoms with E-state index in [0.717, 1.165) is 5.56 Å². The van der Waals surface area contributed by atoms with Gasteiger partial charge in [-0.05, 0) is 49.7 Å². The van der Waals surface area contributed by atoms with Crippen LogP contribution in [0.2, 0.25) is 10.0 Å². The number of nitrogens with one attached hydrogen (secondary N) is 1. The van der Waals surface area contributed by atoms with E-state index in [4.69, 9.17) is 27.9 Å². The minimum atomic E-state index is -1.00. The summed E-state index contributed by atoms with van der Waals surface area (Å²) in [6, 6.07) is 14.3. The first kappa shape index (κ1) is 16.7. The fourth-order valence-corrected chi connectivity index (χ4v) is 2.20. The van der Waals surface area contributed by atoms with Crippen molar-refractivity contribution in [1.29, 1.82) is 0 Å². The van der Waals surface area contributed by atoms with Gasteiger partial charge in [0.15, 0.2) is 5.60 Å². The number of ether oxygens (including phenoxy) is 1. The lowest BCUT2D eigenvalue weighted by atomic mass is 10.1. The number of carbonyl (C=O) groups excluding carboxylic acids is 1. The first-order valence-electron chi connectivity index (χ1n) is 6.85. The van der Waals surface area contributed by atoms with Crippen LogP contribution in [0.25, 0.3) is 0 Å². The van der Waals surface area contributed by atoms with Crippen LogP contribution in [0, 0.1) is 0 Å². The van der Waals surface area contributed by atoms with Crippen molar-refractivity contribution in [2.24, 2.45) is 0 Å². The van der Waals surface area contributed by atoms with Gasteiger partial charge >= 0.3 is 0 Å². The van der Waals surface area contributed by atoms with E-state index in [0.29, 0.717) is 22.3 Å². The molecule has 5 heteroatoms. The van der Waals surface area contributed by atoms with Crippen molar-refractivity contribution >= 4 is 29.1 Å². The Morgan fingerprint density at radius 3 is 2.36 bits per heavy atom. The summed E-state index contributed by atoms with van der Waals surface area (Å²) in [7, 11) is 0. The Morgan fingerprint density at radius 1 is 1.09 bits per heavy atom. The maximum Gasteiger partial charge on any atom is 0.263 e. The molecular formula is C17H17Cl2NO2. The second kappa shape index (κ2) is 7.03. The second-order valence-electron chi connectivity index (χ2n) is 5.34. The van der Waals surface area contributed by atoms with Crippen molar-refractivity contribution in [2.75, 3.05) is 0 Å². The molecule has 0 aromatic heterocycles. The summed E-state index contributed by atoms with van der Waals surface area (Å²) >= 11 is 11.9. The van der Waals surface area contributed by atoms with Gasteiger partial charge in [-0.2, -0.15) is 0 Å². The zero-order valence-electron chi connectivity index (χ0n) is 12.4. The van der Waals surface area contributed by atoms with Crippen molar-refractivity contribution in [3.05, 3.63) is 64.1 Å². The van der Waals surface area contributed by atoms with E-state index in [1.54, 1.807) is 44.2 Å². The van der Waals surface area contributed by atoms with Gasteiger partial charge < -0.3 is 10.1 Å². The number of rotatable bonds is 5. The van der Waals surface area contributed by atoms with Gasteiger partial charge in [-0.1, -0.05) is 41.4 Å². The van der Waals surface area contributed by atoms with E-state index in [1.807, 2.05) is 18.2 Å². The van der Waals surface area contributed by atoms with Gasteiger partial charge in [0.2, 0.25) is 0 Å². The number of amides is 1. The number of halogens is 2. The molecule has 0 saturated heterocycles. The van der Waals surface area contributed by atoms with Crippen molar-refractivity contribution in [3.63, 3.8) is 0 Å². The Balaban J connectivity index is 1.98. The molecule has 2 aromatic carbocycles. The lowest BCUT2D eigenvalue weighted by molar-refractivity contribution is -0.134. The Kier molecular flexibility index (Phi) is 5.33. The van der Waals surface area contributed by atoms with E-state index in [1.165, 1.54) is 0 Å². The fraction of sp³-hybridized carbons (Fsp3) is 0.235. The van der Waals surface area contributed by atoms with Crippen LogP contribution in [-0.4, -0.2) is 11.5 Å². The van der Waals surface area contributed by atoms with Crippen molar-refractivity contribution in [2.45, 2.75) is 26.0 Å². The molecule has 0 fully saturated rings. The lowest BCUT2D eigenvalue weighted by Crippen LogP contribution is -2.46. The van der Waals surface area contributed by atoms with E-state index in [-0.39, 0.29) is 5.91 Å². The Bertz CT molecular complexity index is 654. The molecule has 0 atom stereocenters. The molecule has 1 amide bonds. The molecule has 0 heterocycles. The summed E-state index contributed by atoms with van der Waals surface area (Å²) < 4.78 is 5.73. The van der Waals surface area contributed by atoms with Crippen LogP contribution in [0.5, 0.6) is 5.75 Å². The van der Waals surface area contributed by atoms with Crippen LogP contribution >= 0.6 is 23.2 Å². The Labute approximate surface area is 140 Å². The quantitative estimate of drug-likeness (QED) is 0.874. The molecular weight excluding hydrogens is 321 g/mol. The van der Waals surface area contributed by atoms with E-state index >= 15 is 0 Å². The van der Waals surface area contributed by atoms with Crippen LogP contribution in [0.4, 0.5) is 0 Å². The smallest absolute Gasteiger partial charge is 0.263 e. The Morgan fingerprint density at radius 2 is 1.73 bits per heavy atom. The molecule has 0 saturated carbocycles. The molecule has 3 nitrogen and oxygen atoms in total. The molecule has 0 aliphatic carbocycles. The minimum absolute atomic E-state index is 0.220. The molecule has 1 N–H and O–H groups in total. The Hall–Kier alpha value is -1.71. The van der Waals surface area contributed by atoms with Gasteiger partial charge in [0.05, 0.1) is 0 Å². The predicted octanol–water partition coefficient (Wildman–Crippen LogP) is 4.47. The van der Waals surface area contributed by atoms with E-state index in [2.05, 4.69) is 5.32 Å². The number of hydrogen-bond donors (Lipinski definition) is 1. The lowest BCUT2D eigenvalue weighted by Gasteiger charge is -2.25. The first-order chi connectivity index (χ1) is 10.4. The summed E-state index contributed by atoms with van der Waals surface area (Å²) in [5.74, 6) is 0.365. The third kappa shape index (κ3) is 4.39. The number of benzene rings is 2. The molecule has 2 rings (SSSR count). The van der Waals surface area contributed by atoms with Crippen LogP contribution in [-0.2, 0) is 11.3 Å². The van der Waals surface area contributed by atoms with Gasteiger partial charge in [-0.15, -0.1) is 0 Å². The van der Waals surface area contributed by atoms with Crippen LogP contribution in [0.3, 0.4) is 0 Å². The van der Waals surface area contributed by atoms with Gasteiger partial charge in [0.25, 0.3) is 5.91 Å². The third-order valence-corrected chi connectivity index (χ3v) is 3.75. The second-order valence-corrected chi connectivity index (χ2v) is 6.18. The zero-order chi connectivity index (χ0) is 16.2. The van der Waals surface area contributed by atoms with Gasteiger partial charge in [0, 0.05) is 16.6 Å². The summed E-state index contributed by atoms with van der Waals surface area (Å²) in [6.07, 6.45) is 0. The highest BCUT2D eigenvalue weighted by atomic mass is 35.5. The molecule has 0 radical (unpaired) electrons. The zero-order valence-corrected chi connectivity index (χ0v) is 13.9. The molecule has 0 unspecified atom stereocenters. The summed E-state index contributed by atoms with van der Waals surface area (Å²) in [5, 5.41) is 4.08. The number of hydrogen-bond acceptors (Lipinski definition) is 2. The fourth-order valence-electron chi connectivity index (χ4n) is 1.87.